The lowest BCUT2D eigenvalue weighted by molar-refractivity contribution is 0.0604. The lowest BCUT2D eigenvalue weighted by atomic mass is 10.0. The second-order valence-corrected chi connectivity index (χ2v) is 5.29. The molecule has 0 saturated heterocycles. The third-order valence-corrected chi connectivity index (χ3v) is 3.51. The summed E-state index contributed by atoms with van der Waals surface area (Å²) in [5.41, 5.74) is -0.116. The molecule has 0 saturated carbocycles. The Hall–Kier alpha value is -2.37. The molecule has 0 unspecified atom stereocenters. The van der Waals surface area contributed by atoms with Gasteiger partial charge in [0, 0.05) is 12.2 Å². The monoisotopic (exact) mass is 289 g/mol. The van der Waals surface area contributed by atoms with E-state index in [2.05, 4.69) is 9.97 Å². The first-order valence-corrected chi connectivity index (χ1v) is 6.87. The van der Waals surface area contributed by atoms with Crippen LogP contribution in [-0.4, -0.2) is 26.8 Å². The van der Waals surface area contributed by atoms with E-state index in [0.29, 0.717) is 12.3 Å². The summed E-state index contributed by atoms with van der Waals surface area (Å²) >= 11 is 0. The summed E-state index contributed by atoms with van der Waals surface area (Å²) < 4.78 is 5.33. The van der Waals surface area contributed by atoms with E-state index in [9.17, 15) is 9.59 Å². The largest absolute Gasteiger partial charge is 0.467 e. The highest BCUT2D eigenvalue weighted by atomic mass is 16.3. The third kappa shape index (κ3) is 3.59. The van der Waals surface area contributed by atoms with E-state index in [1.165, 1.54) is 6.20 Å². The van der Waals surface area contributed by atoms with E-state index in [0.717, 1.165) is 6.20 Å². The third-order valence-electron chi connectivity index (χ3n) is 3.51. The van der Waals surface area contributed by atoms with Gasteiger partial charge in [0.15, 0.2) is 0 Å². The molecule has 2 rings (SSSR count). The van der Waals surface area contributed by atoms with Gasteiger partial charge in [-0.2, -0.15) is 0 Å². The molecule has 6 heteroatoms. The lowest BCUT2D eigenvalue weighted by Crippen LogP contribution is -2.41. The number of nitrogens with zero attached hydrogens (tertiary/aromatic N) is 2. The Balaban J connectivity index is 2.27. The van der Waals surface area contributed by atoms with E-state index in [4.69, 9.17) is 4.42 Å². The number of H-pyrrole nitrogens is 1. The molecule has 0 bridgehead atoms. The van der Waals surface area contributed by atoms with Gasteiger partial charge in [-0.1, -0.05) is 13.8 Å². The van der Waals surface area contributed by atoms with Crippen molar-refractivity contribution >= 4 is 5.91 Å². The van der Waals surface area contributed by atoms with Gasteiger partial charge in [-0.25, -0.2) is 4.98 Å². The maximum absolute atomic E-state index is 12.6. The van der Waals surface area contributed by atoms with Crippen molar-refractivity contribution in [1.82, 2.24) is 14.9 Å². The van der Waals surface area contributed by atoms with E-state index >= 15 is 0 Å². The van der Waals surface area contributed by atoms with Crippen LogP contribution in [0, 0.1) is 5.92 Å². The zero-order valence-electron chi connectivity index (χ0n) is 12.4. The van der Waals surface area contributed by atoms with Crippen molar-refractivity contribution in [2.24, 2.45) is 5.92 Å². The molecule has 2 aromatic heterocycles. The zero-order chi connectivity index (χ0) is 15.4. The molecule has 1 atom stereocenters. The fourth-order valence-corrected chi connectivity index (χ4v) is 1.94. The van der Waals surface area contributed by atoms with Gasteiger partial charge in [0.05, 0.1) is 19.0 Å². The molecule has 0 aliphatic heterocycles. The summed E-state index contributed by atoms with van der Waals surface area (Å²) in [6.07, 6.45) is 4.03. The highest BCUT2D eigenvalue weighted by molar-refractivity contribution is 5.92. The van der Waals surface area contributed by atoms with Crippen LogP contribution >= 0.6 is 0 Å². The molecular formula is C15H19N3O3. The Morgan fingerprint density at radius 2 is 2.19 bits per heavy atom. The van der Waals surface area contributed by atoms with Crippen LogP contribution in [0.1, 0.15) is 37.0 Å². The molecule has 2 aromatic rings. The van der Waals surface area contributed by atoms with Crippen molar-refractivity contribution < 1.29 is 9.21 Å². The van der Waals surface area contributed by atoms with Crippen LogP contribution in [0.3, 0.4) is 0 Å². The topological polar surface area (TPSA) is 79.2 Å². The predicted octanol–water partition coefficient (Wildman–Crippen LogP) is 2.05. The Labute approximate surface area is 122 Å². The lowest BCUT2D eigenvalue weighted by Gasteiger charge is -2.30. The Bertz CT molecular complexity index is 626. The number of hydrogen-bond acceptors (Lipinski definition) is 4. The quantitative estimate of drug-likeness (QED) is 0.913. The maximum atomic E-state index is 12.6. The standard InChI is InChI=1S/C15H19N3O3/c1-10(2)11(3)18(9-12-5-4-6-21-12)15(20)13-7-17-14(19)8-16-13/h4-8,10-11H,9H2,1-3H3,(H,17,19)/t11-/m1/s1. The minimum absolute atomic E-state index is 0.0105. The molecule has 1 amide bonds. The minimum Gasteiger partial charge on any atom is -0.467 e. The van der Waals surface area contributed by atoms with Crippen LogP contribution in [0.2, 0.25) is 0 Å². The number of amides is 1. The van der Waals surface area contributed by atoms with Crippen molar-refractivity contribution in [3.8, 4) is 0 Å². The molecule has 0 aliphatic carbocycles. The Morgan fingerprint density at radius 1 is 1.43 bits per heavy atom. The Morgan fingerprint density at radius 3 is 2.71 bits per heavy atom. The summed E-state index contributed by atoms with van der Waals surface area (Å²) in [4.78, 5) is 31.8. The normalized spacial score (nSPS) is 12.4. The summed E-state index contributed by atoms with van der Waals surface area (Å²) in [5.74, 6) is 0.760. The first kappa shape index (κ1) is 15.0. The molecule has 21 heavy (non-hydrogen) atoms. The number of aromatic amines is 1. The van der Waals surface area contributed by atoms with E-state index in [1.807, 2.05) is 26.8 Å². The number of carbonyl (C=O) groups excluding carboxylic acids is 1. The number of nitrogens with one attached hydrogen (secondary N) is 1. The van der Waals surface area contributed by atoms with Gasteiger partial charge in [-0.15, -0.1) is 0 Å². The Kier molecular flexibility index (Phi) is 4.57. The second-order valence-electron chi connectivity index (χ2n) is 5.29. The number of rotatable bonds is 5. The van der Waals surface area contributed by atoms with Crippen LogP contribution in [0.25, 0.3) is 0 Å². The number of carbonyl (C=O) groups is 1. The average molecular weight is 289 g/mol. The van der Waals surface area contributed by atoms with Gasteiger partial charge in [-0.3, -0.25) is 9.59 Å². The van der Waals surface area contributed by atoms with Gasteiger partial charge >= 0.3 is 0 Å². The summed E-state index contributed by atoms with van der Waals surface area (Å²) in [6, 6.07) is 3.63. The fraction of sp³-hybridized carbons (Fsp3) is 0.400. The smallest absolute Gasteiger partial charge is 0.274 e. The van der Waals surface area contributed by atoms with Crippen LogP contribution in [0.4, 0.5) is 0 Å². The van der Waals surface area contributed by atoms with E-state index in [-0.39, 0.29) is 29.1 Å². The van der Waals surface area contributed by atoms with Crippen molar-refractivity contribution in [3.05, 3.63) is 52.6 Å². The molecule has 1 N–H and O–H groups in total. The fourth-order valence-electron chi connectivity index (χ4n) is 1.94. The molecule has 0 radical (unpaired) electrons. The van der Waals surface area contributed by atoms with Crippen LogP contribution in [-0.2, 0) is 6.54 Å². The van der Waals surface area contributed by atoms with Crippen molar-refractivity contribution in [2.45, 2.75) is 33.4 Å². The minimum atomic E-state index is -0.332. The molecular weight excluding hydrogens is 270 g/mol. The van der Waals surface area contributed by atoms with Gasteiger partial charge < -0.3 is 14.3 Å². The zero-order valence-corrected chi connectivity index (χ0v) is 12.4. The first-order chi connectivity index (χ1) is 9.99. The molecule has 112 valence electrons. The number of aromatic nitrogens is 2. The second kappa shape index (κ2) is 6.39. The molecule has 0 aliphatic rings. The van der Waals surface area contributed by atoms with E-state index < -0.39 is 0 Å². The summed E-state index contributed by atoms with van der Waals surface area (Å²) in [5, 5.41) is 0. The van der Waals surface area contributed by atoms with Gasteiger partial charge in [0.1, 0.15) is 11.5 Å². The van der Waals surface area contributed by atoms with Gasteiger partial charge in [-0.05, 0) is 25.0 Å². The molecule has 0 fully saturated rings. The first-order valence-electron chi connectivity index (χ1n) is 6.87. The van der Waals surface area contributed by atoms with Crippen molar-refractivity contribution in [1.29, 1.82) is 0 Å². The maximum Gasteiger partial charge on any atom is 0.274 e. The van der Waals surface area contributed by atoms with Crippen LogP contribution in [0.5, 0.6) is 0 Å². The van der Waals surface area contributed by atoms with Crippen molar-refractivity contribution in [3.63, 3.8) is 0 Å². The van der Waals surface area contributed by atoms with Crippen molar-refractivity contribution in [2.75, 3.05) is 0 Å². The molecule has 0 spiro atoms. The number of hydrogen-bond donors (Lipinski definition) is 1. The highest BCUT2D eigenvalue weighted by Gasteiger charge is 2.25. The highest BCUT2D eigenvalue weighted by Crippen LogP contribution is 2.17. The predicted molar refractivity (Wildman–Crippen MR) is 77.7 cm³/mol. The van der Waals surface area contributed by atoms with Crippen LogP contribution < -0.4 is 5.56 Å². The summed E-state index contributed by atoms with van der Waals surface area (Å²) in [7, 11) is 0. The van der Waals surface area contributed by atoms with Gasteiger partial charge in [0.25, 0.3) is 11.5 Å². The van der Waals surface area contributed by atoms with Gasteiger partial charge in [0.2, 0.25) is 0 Å². The number of furan rings is 1. The van der Waals surface area contributed by atoms with E-state index in [1.54, 1.807) is 17.2 Å². The van der Waals surface area contributed by atoms with Crippen LogP contribution in [0.15, 0.2) is 40.0 Å². The molecule has 6 nitrogen and oxygen atoms in total. The molecule has 0 aromatic carbocycles. The summed E-state index contributed by atoms with van der Waals surface area (Å²) in [6.45, 7) is 6.45. The average Bonchev–Trinajstić information content (AvgIpc) is 2.97. The molecule has 2 heterocycles. The SMILES string of the molecule is CC(C)[C@@H](C)N(Cc1ccco1)C(=O)c1c[nH]c(=O)cn1.